The van der Waals surface area contributed by atoms with Crippen LogP contribution in [0.15, 0.2) is 52.9 Å². The van der Waals surface area contributed by atoms with E-state index in [0.717, 1.165) is 32.9 Å². The van der Waals surface area contributed by atoms with Gasteiger partial charge in [0.05, 0.1) is 0 Å². The summed E-state index contributed by atoms with van der Waals surface area (Å²) in [5.41, 5.74) is 3.03. The van der Waals surface area contributed by atoms with Crippen LogP contribution in [0.3, 0.4) is 0 Å². The average Bonchev–Trinajstić information content (AvgIpc) is 3.33. The number of rotatable bonds is 4. The third kappa shape index (κ3) is 2.76. The molecule has 0 aliphatic carbocycles. The van der Waals surface area contributed by atoms with Crippen molar-refractivity contribution in [2.45, 2.75) is 20.5 Å². The van der Waals surface area contributed by atoms with Gasteiger partial charge in [0.2, 0.25) is 10.8 Å². The van der Waals surface area contributed by atoms with Gasteiger partial charge in [-0.15, -0.1) is 10.2 Å². The molecular weight excluding hydrogens is 360 g/mol. The number of furan rings is 1. The number of hydrogen-bond donors (Lipinski definition) is 0. The lowest BCUT2D eigenvalue weighted by atomic mass is 10.1. The molecule has 7 heteroatoms. The Morgan fingerprint density at radius 1 is 1.07 bits per heavy atom. The zero-order valence-electron chi connectivity index (χ0n) is 14.8. The van der Waals surface area contributed by atoms with Crippen LogP contribution >= 0.6 is 11.3 Å². The lowest BCUT2D eigenvalue weighted by Crippen LogP contribution is -1.97. The Hall–Kier alpha value is -3.19. The zero-order chi connectivity index (χ0) is 18.4. The Kier molecular flexibility index (Phi) is 3.68. The first-order chi connectivity index (χ1) is 13.2. The molecule has 3 heterocycles. The molecule has 6 nitrogen and oxygen atoms in total. The number of benzene rings is 2. The molecule has 134 valence electrons. The van der Waals surface area contributed by atoms with Crippen LogP contribution in [0.1, 0.15) is 16.1 Å². The van der Waals surface area contributed by atoms with Crippen LogP contribution in [-0.4, -0.2) is 19.8 Å². The van der Waals surface area contributed by atoms with E-state index in [9.17, 15) is 0 Å². The standard InChI is InChI=1S/C20H16N4O2S/c1-12-6-5-7-14(10-12)25-11-17-23-24-19(21-22-20(24)27-17)18-13(2)15-8-3-4-9-16(15)26-18/h3-10H,11H2,1-2H3. The summed E-state index contributed by atoms with van der Waals surface area (Å²) in [6, 6.07) is 15.9. The molecule has 5 aromatic rings. The number of para-hydroxylation sites is 1. The smallest absolute Gasteiger partial charge is 0.235 e. The lowest BCUT2D eigenvalue weighted by Gasteiger charge is -2.03. The minimum atomic E-state index is 0.385. The van der Waals surface area contributed by atoms with Gasteiger partial charge in [-0.05, 0) is 37.6 Å². The van der Waals surface area contributed by atoms with Crippen molar-refractivity contribution < 1.29 is 9.15 Å². The minimum absolute atomic E-state index is 0.385. The summed E-state index contributed by atoms with van der Waals surface area (Å²) >= 11 is 1.46. The molecule has 27 heavy (non-hydrogen) atoms. The Bertz CT molecular complexity index is 1270. The van der Waals surface area contributed by atoms with Gasteiger partial charge in [-0.1, -0.05) is 41.7 Å². The second-order valence-corrected chi connectivity index (χ2v) is 7.41. The average molecular weight is 376 g/mol. The van der Waals surface area contributed by atoms with Crippen LogP contribution in [0.5, 0.6) is 5.75 Å². The molecular formula is C20H16N4O2S. The quantitative estimate of drug-likeness (QED) is 0.451. The highest BCUT2D eigenvalue weighted by atomic mass is 32.1. The predicted octanol–water partition coefficient (Wildman–Crippen LogP) is 4.79. The number of nitrogens with zero attached hydrogens (tertiary/aromatic N) is 4. The molecule has 3 aromatic heterocycles. The minimum Gasteiger partial charge on any atom is -0.486 e. The fraction of sp³-hybridized carbons (Fsp3) is 0.150. The van der Waals surface area contributed by atoms with Crippen molar-refractivity contribution in [3.63, 3.8) is 0 Å². The predicted molar refractivity (Wildman–Crippen MR) is 104 cm³/mol. The Labute approximate surface area is 159 Å². The third-order valence-electron chi connectivity index (χ3n) is 4.43. The molecule has 0 unspecified atom stereocenters. The lowest BCUT2D eigenvalue weighted by molar-refractivity contribution is 0.304. The van der Waals surface area contributed by atoms with Gasteiger partial charge in [0.1, 0.15) is 17.9 Å². The molecule has 0 spiro atoms. The van der Waals surface area contributed by atoms with Crippen molar-refractivity contribution in [3.8, 4) is 17.3 Å². The van der Waals surface area contributed by atoms with E-state index in [4.69, 9.17) is 9.15 Å². The van der Waals surface area contributed by atoms with E-state index in [0.29, 0.717) is 23.2 Å². The van der Waals surface area contributed by atoms with E-state index < -0.39 is 0 Å². The molecule has 0 amide bonds. The van der Waals surface area contributed by atoms with E-state index in [1.54, 1.807) is 4.52 Å². The second kappa shape index (κ2) is 6.21. The van der Waals surface area contributed by atoms with Crippen LogP contribution in [0, 0.1) is 13.8 Å². The Morgan fingerprint density at radius 2 is 1.96 bits per heavy atom. The van der Waals surface area contributed by atoms with Crippen molar-refractivity contribution in [2.75, 3.05) is 0 Å². The maximum atomic E-state index is 6.01. The van der Waals surface area contributed by atoms with Crippen molar-refractivity contribution >= 4 is 27.3 Å². The monoisotopic (exact) mass is 376 g/mol. The summed E-state index contributed by atoms with van der Waals surface area (Å²) in [6.45, 7) is 4.45. The van der Waals surface area contributed by atoms with Gasteiger partial charge >= 0.3 is 0 Å². The highest BCUT2D eigenvalue weighted by molar-refractivity contribution is 7.16. The largest absolute Gasteiger partial charge is 0.486 e. The molecule has 0 bridgehead atoms. The molecule has 2 aromatic carbocycles. The molecule has 0 saturated carbocycles. The number of fused-ring (bicyclic) bond motifs is 2. The zero-order valence-corrected chi connectivity index (χ0v) is 15.7. The first-order valence-electron chi connectivity index (χ1n) is 8.58. The summed E-state index contributed by atoms with van der Waals surface area (Å²) in [6.07, 6.45) is 0. The molecule has 0 N–H and O–H groups in total. The number of aryl methyl sites for hydroxylation is 2. The van der Waals surface area contributed by atoms with Crippen molar-refractivity contribution in [2.24, 2.45) is 0 Å². The van der Waals surface area contributed by atoms with Crippen LogP contribution in [0.4, 0.5) is 0 Å². The highest BCUT2D eigenvalue weighted by Gasteiger charge is 2.20. The third-order valence-corrected chi connectivity index (χ3v) is 5.30. The van der Waals surface area contributed by atoms with Gasteiger partial charge in [0.15, 0.2) is 10.8 Å². The number of aromatic nitrogens is 4. The first kappa shape index (κ1) is 16.0. The van der Waals surface area contributed by atoms with Gasteiger partial charge in [0, 0.05) is 10.9 Å². The van der Waals surface area contributed by atoms with Gasteiger partial charge in [0.25, 0.3) is 0 Å². The molecule has 0 fully saturated rings. The van der Waals surface area contributed by atoms with Crippen LogP contribution in [-0.2, 0) is 6.61 Å². The van der Waals surface area contributed by atoms with Gasteiger partial charge in [-0.2, -0.15) is 9.61 Å². The molecule has 0 saturated heterocycles. The fourth-order valence-electron chi connectivity index (χ4n) is 3.09. The summed E-state index contributed by atoms with van der Waals surface area (Å²) < 4.78 is 13.6. The van der Waals surface area contributed by atoms with Crippen molar-refractivity contribution in [1.82, 2.24) is 19.8 Å². The van der Waals surface area contributed by atoms with E-state index >= 15 is 0 Å². The van der Waals surface area contributed by atoms with E-state index in [2.05, 4.69) is 15.3 Å². The van der Waals surface area contributed by atoms with Crippen molar-refractivity contribution in [1.29, 1.82) is 0 Å². The van der Waals surface area contributed by atoms with E-state index in [1.807, 2.05) is 62.4 Å². The molecule has 0 radical (unpaired) electrons. The molecule has 5 rings (SSSR count). The van der Waals surface area contributed by atoms with Gasteiger partial charge < -0.3 is 9.15 Å². The van der Waals surface area contributed by atoms with Gasteiger partial charge in [-0.3, -0.25) is 0 Å². The van der Waals surface area contributed by atoms with Crippen LogP contribution in [0.25, 0.3) is 27.5 Å². The van der Waals surface area contributed by atoms with Crippen LogP contribution < -0.4 is 4.74 Å². The van der Waals surface area contributed by atoms with Crippen molar-refractivity contribution in [3.05, 3.63) is 64.7 Å². The van der Waals surface area contributed by atoms with Crippen LogP contribution in [0.2, 0.25) is 0 Å². The topological polar surface area (TPSA) is 65.5 Å². The molecule has 0 atom stereocenters. The number of ether oxygens (including phenoxy) is 1. The Morgan fingerprint density at radius 3 is 2.81 bits per heavy atom. The summed E-state index contributed by atoms with van der Waals surface area (Å²) in [5, 5.41) is 15.1. The summed E-state index contributed by atoms with van der Waals surface area (Å²) in [7, 11) is 0. The fourth-order valence-corrected chi connectivity index (χ4v) is 3.84. The van der Waals surface area contributed by atoms with Gasteiger partial charge in [-0.25, -0.2) is 0 Å². The molecule has 0 aliphatic rings. The SMILES string of the molecule is Cc1cccc(OCc2nn3c(-c4oc5ccccc5c4C)nnc3s2)c1. The summed E-state index contributed by atoms with van der Waals surface area (Å²) in [4.78, 5) is 0.715. The maximum Gasteiger partial charge on any atom is 0.235 e. The Balaban J connectivity index is 1.49. The van der Waals surface area contributed by atoms with E-state index in [1.165, 1.54) is 11.3 Å². The number of hydrogen-bond acceptors (Lipinski definition) is 6. The first-order valence-corrected chi connectivity index (χ1v) is 9.40. The second-order valence-electron chi connectivity index (χ2n) is 6.37. The normalized spacial score (nSPS) is 11.5. The summed E-state index contributed by atoms with van der Waals surface area (Å²) in [5.74, 6) is 2.13. The van der Waals surface area contributed by atoms with E-state index in [-0.39, 0.29) is 0 Å². The molecule has 0 aliphatic heterocycles. The highest BCUT2D eigenvalue weighted by Crippen LogP contribution is 2.32. The maximum absolute atomic E-state index is 6.01.